The summed E-state index contributed by atoms with van der Waals surface area (Å²) in [6.45, 7) is 4.90. The Hall–Kier alpha value is -0.650. The molecule has 0 aliphatic carbocycles. The van der Waals surface area contributed by atoms with Crippen molar-refractivity contribution >= 4 is 5.91 Å². The van der Waals surface area contributed by atoms with Crippen LogP contribution >= 0.6 is 0 Å². The standard InChI is InChI=1S/C13H22N2O3/c1-13(2)17-7-9(18-13)6-14-12(16)10-5-8-3-4-11(10)15-8/h8-11,15H,3-7H2,1-2H3,(H,14,16). The predicted octanol–water partition coefficient (Wildman–Crippen LogP) is 0.395. The maximum Gasteiger partial charge on any atom is 0.224 e. The van der Waals surface area contributed by atoms with Gasteiger partial charge in [0.2, 0.25) is 5.91 Å². The van der Waals surface area contributed by atoms with Gasteiger partial charge in [-0.05, 0) is 33.1 Å². The van der Waals surface area contributed by atoms with Crippen LogP contribution in [0, 0.1) is 5.92 Å². The zero-order chi connectivity index (χ0) is 12.8. The summed E-state index contributed by atoms with van der Waals surface area (Å²) in [6, 6.07) is 0.961. The molecule has 5 nitrogen and oxygen atoms in total. The van der Waals surface area contributed by atoms with Crippen molar-refractivity contribution in [1.82, 2.24) is 10.6 Å². The van der Waals surface area contributed by atoms with Crippen molar-refractivity contribution in [3.8, 4) is 0 Å². The number of ether oxygens (including phenoxy) is 2. The summed E-state index contributed by atoms with van der Waals surface area (Å²) in [5.41, 5.74) is 0. The highest BCUT2D eigenvalue weighted by atomic mass is 16.7. The number of fused-ring (bicyclic) bond motifs is 2. The Labute approximate surface area is 108 Å². The van der Waals surface area contributed by atoms with Gasteiger partial charge in [0.25, 0.3) is 0 Å². The smallest absolute Gasteiger partial charge is 0.224 e. The minimum Gasteiger partial charge on any atom is -0.353 e. The fourth-order valence-electron chi connectivity index (χ4n) is 3.32. The lowest BCUT2D eigenvalue weighted by atomic mass is 9.88. The number of rotatable bonds is 3. The van der Waals surface area contributed by atoms with Gasteiger partial charge >= 0.3 is 0 Å². The molecule has 0 spiro atoms. The van der Waals surface area contributed by atoms with E-state index in [2.05, 4.69) is 10.6 Å². The molecule has 3 aliphatic rings. The Morgan fingerprint density at radius 2 is 2.28 bits per heavy atom. The summed E-state index contributed by atoms with van der Waals surface area (Å²) in [4.78, 5) is 12.1. The second-order valence-corrected chi connectivity index (χ2v) is 6.09. The number of carbonyl (C=O) groups excluding carboxylic acids is 1. The highest BCUT2D eigenvalue weighted by Crippen LogP contribution is 2.33. The number of carbonyl (C=O) groups is 1. The minimum absolute atomic E-state index is 0.0181. The summed E-state index contributed by atoms with van der Waals surface area (Å²) in [6.07, 6.45) is 3.33. The van der Waals surface area contributed by atoms with Crippen molar-refractivity contribution in [3.05, 3.63) is 0 Å². The fourth-order valence-corrected chi connectivity index (χ4v) is 3.32. The van der Waals surface area contributed by atoms with Gasteiger partial charge in [-0.1, -0.05) is 0 Å². The average Bonchev–Trinajstić information content (AvgIpc) is 3.00. The monoisotopic (exact) mass is 254 g/mol. The van der Waals surface area contributed by atoms with E-state index in [1.54, 1.807) is 0 Å². The second-order valence-electron chi connectivity index (χ2n) is 6.09. The van der Waals surface area contributed by atoms with Crippen LogP contribution in [0.2, 0.25) is 0 Å². The Bertz CT molecular complexity index is 345. The van der Waals surface area contributed by atoms with Gasteiger partial charge in [-0.2, -0.15) is 0 Å². The summed E-state index contributed by atoms with van der Waals surface area (Å²) in [5, 5.41) is 6.49. The van der Waals surface area contributed by atoms with E-state index < -0.39 is 5.79 Å². The normalized spacial score (nSPS) is 41.2. The van der Waals surface area contributed by atoms with E-state index in [-0.39, 0.29) is 17.9 Å². The van der Waals surface area contributed by atoms with Gasteiger partial charge in [0, 0.05) is 18.6 Å². The van der Waals surface area contributed by atoms with Crippen LogP contribution in [0.25, 0.3) is 0 Å². The SMILES string of the molecule is CC1(C)OCC(CNC(=O)C2CC3CCC2N3)O1. The lowest BCUT2D eigenvalue weighted by Crippen LogP contribution is -2.41. The zero-order valence-corrected chi connectivity index (χ0v) is 11.1. The summed E-state index contributed by atoms with van der Waals surface area (Å²) in [5.74, 6) is -0.189. The van der Waals surface area contributed by atoms with Gasteiger partial charge in [-0.15, -0.1) is 0 Å². The van der Waals surface area contributed by atoms with Crippen molar-refractivity contribution < 1.29 is 14.3 Å². The number of nitrogens with one attached hydrogen (secondary N) is 2. The molecule has 3 aliphatic heterocycles. The first-order chi connectivity index (χ1) is 8.53. The Morgan fingerprint density at radius 1 is 1.44 bits per heavy atom. The van der Waals surface area contributed by atoms with Gasteiger partial charge in [0.05, 0.1) is 12.5 Å². The van der Waals surface area contributed by atoms with Crippen LogP contribution in [-0.2, 0) is 14.3 Å². The molecule has 3 fully saturated rings. The molecule has 3 saturated heterocycles. The second kappa shape index (κ2) is 4.47. The number of hydrogen-bond donors (Lipinski definition) is 2. The van der Waals surface area contributed by atoms with E-state index in [9.17, 15) is 4.79 Å². The molecule has 0 radical (unpaired) electrons. The molecule has 5 heteroatoms. The Morgan fingerprint density at radius 3 is 2.83 bits per heavy atom. The van der Waals surface area contributed by atoms with Crippen LogP contribution in [0.15, 0.2) is 0 Å². The Kier molecular flexibility index (Phi) is 3.08. The molecule has 0 aromatic carbocycles. The third kappa shape index (κ3) is 2.39. The van der Waals surface area contributed by atoms with Crippen LogP contribution in [-0.4, -0.2) is 43.0 Å². The number of amides is 1. The number of hydrogen-bond acceptors (Lipinski definition) is 4. The average molecular weight is 254 g/mol. The first-order valence-corrected chi connectivity index (χ1v) is 6.89. The van der Waals surface area contributed by atoms with E-state index in [1.807, 2.05) is 13.8 Å². The highest BCUT2D eigenvalue weighted by molar-refractivity contribution is 5.80. The summed E-state index contributed by atoms with van der Waals surface area (Å²) in [7, 11) is 0. The molecular weight excluding hydrogens is 232 g/mol. The molecule has 4 unspecified atom stereocenters. The molecule has 4 atom stereocenters. The van der Waals surface area contributed by atoms with E-state index >= 15 is 0 Å². The molecule has 0 aromatic heterocycles. The van der Waals surface area contributed by atoms with Crippen molar-refractivity contribution in [2.45, 2.75) is 57.1 Å². The first kappa shape index (κ1) is 12.4. The van der Waals surface area contributed by atoms with E-state index in [4.69, 9.17) is 9.47 Å². The van der Waals surface area contributed by atoms with Gasteiger partial charge < -0.3 is 20.1 Å². The molecule has 18 heavy (non-hydrogen) atoms. The van der Waals surface area contributed by atoms with E-state index in [0.29, 0.717) is 25.2 Å². The first-order valence-electron chi connectivity index (χ1n) is 6.89. The predicted molar refractivity (Wildman–Crippen MR) is 66.0 cm³/mol. The van der Waals surface area contributed by atoms with E-state index in [0.717, 1.165) is 12.8 Å². The van der Waals surface area contributed by atoms with Crippen LogP contribution in [0.1, 0.15) is 33.1 Å². The van der Waals surface area contributed by atoms with Crippen LogP contribution in [0.3, 0.4) is 0 Å². The molecule has 2 bridgehead atoms. The largest absolute Gasteiger partial charge is 0.353 e. The van der Waals surface area contributed by atoms with Crippen LogP contribution < -0.4 is 10.6 Å². The Balaban J connectivity index is 1.45. The third-order valence-corrected chi connectivity index (χ3v) is 4.21. The maximum atomic E-state index is 12.1. The lowest BCUT2D eigenvalue weighted by molar-refractivity contribution is -0.140. The quantitative estimate of drug-likeness (QED) is 0.765. The molecule has 1 amide bonds. The molecule has 102 valence electrons. The zero-order valence-electron chi connectivity index (χ0n) is 11.1. The molecule has 3 rings (SSSR count). The van der Waals surface area contributed by atoms with Gasteiger partial charge in [0.1, 0.15) is 6.10 Å². The van der Waals surface area contributed by atoms with Gasteiger partial charge in [-0.25, -0.2) is 0 Å². The summed E-state index contributed by atoms with van der Waals surface area (Å²) >= 11 is 0. The minimum atomic E-state index is -0.511. The molecule has 2 N–H and O–H groups in total. The van der Waals surface area contributed by atoms with Crippen molar-refractivity contribution in [3.63, 3.8) is 0 Å². The van der Waals surface area contributed by atoms with Crippen molar-refractivity contribution in [2.75, 3.05) is 13.2 Å². The summed E-state index contributed by atoms with van der Waals surface area (Å²) < 4.78 is 11.1. The van der Waals surface area contributed by atoms with Crippen LogP contribution in [0.4, 0.5) is 0 Å². The van der Waals surface area contributed by atoms with Crippen molar-refractivity contribution in [1.29, 1.82) is 0 Å². The van der Waals surface area contributed by atoms with Gasteiger partial charge in [0.15, 0.2) is 5.79 Å². The van der Waals surface area contributed by atoms with Crippen molar-refractivity contribution in [2.24, 2.45) is 5.92 Å². The van der Waals surface area contributed by atoms with E-state index in [1.165, 1.54) is 6.42 Å². The maximum absolute atomic E-state index is 12.1. The molecule has 0 saturated carbocycles. The fraction of sp³-hybridized carbons (Fsp3) is 0.923. The third-order valence-electron chi connectivity index (χ3n) is 4.21. The van der Waals surface area contributed by atoms with Gasteiger partial charge in [-0.3, -0.25) is 4.79 Å². The molecular formula is C13H22N2O3. The molecule has 0 aromatic rings. The lowest BCUT2D eigenvalue weighted by Gasteiger charge is -2.21. The van der Waals surface area contributed by atoms with Crippen LogP contribution in [0.5, 0.6) is 0 Å². The molecule has 3 heterocycles. The highest BCUT2D eigenvalue weighted by Gasteiger charge is 2.43. The topological polar surface area (TPSA) is 59.6 Å².